The number of nitrogens with one attached hydrogen (secondary N) is 1. The third-order valence-electron chi connectivity index (χ3n) is 3.10. The second-order valence-corrected chi connectivity index (χ2v) is 4.59. The number of aromatic nitrogens is 1. The Kier molecular flexibility index (Phi) is 2.89. The Morgan fingerprint density at radius 2 is 2.00 bits per heavy atom. The molecule has 1 fully saturated rings. The molecule has 0 unspecified atom stereocenters. The number of pyridine rings is 1. The molecule has 1 aliphatic carbocycles. The van der Waals surface area contributed by atoms with Gasteiger partial charge >= 0.3 is 0 Å². The average Bonchev–Trinajstić information content (AvgIpc) is 2.18. The molecule has 1 heterocycles. The lowest BCUT2D eigenvalue weighted by atomic mass is 9.83. The predicted molar refractivity (Wildman–Crippen MR) is 59.3 cm³/mol. The summed E-state index contributed by atoms with van der Waals surface area (Å²) < 4.78 is 12.9. The van der Waals surface area contributed by atoms with E-state index in [2.05, 4.69) is 17.2 Å². The summed E-state index contributed by atoms with van der Waals surface area (Å²) in [6, 6.07) is 4.88. The summed E-state index contributed by atoms with van der Waals surface area (Å²) in [4.78, 5) is 3.83. The molecule has 2 rings (SSSR count). The molecule has 1 aromatic heterocycles. The minimum absolute atomic E-state index is 0.0963. The zero-order valence-electron chi connectivity index (χ0n) is 9.09. The minimum atomic E-state index is -0.417. The summed E-state index contributed by atoms with van der Waals surface area (Å²) in [7, 11) is 0. The number of rotatable bonds is 2. The topological polar surface area (TPSA) is 24.9 Å². The Morgan fingerprint density at radius 3 is 2.67 bits per heavy atom. The predicted octanol–water partition coefficient (Wildman–Crippen LogP) is 3.36. The lowest BCUT2D eigenvalue weighted by molar-refractivity contribution is 0.348. The summed E-state index contributed by atoms with van der Waals surface area (Å²) in [5.41, 5.74) is 0.0963. The van der Waals surface area contributed by atoms with Gasteiger partial charge in [0.05, 0.1) is 0 Å². The molecule has 0 spiro atoms. The smallest absolute Gasteiger partial charge is 0.214 e. The second kappa shape index (κ2) is 4.17. The minimum Gasteiger partial charge on any atom is -0.365 e. The average molecular weight is 208 g/mol. The molecule has 0 aliphatic heterocycles. The number of hydrogen-bond donors (Lipinski definition) is 1. The van der Waals surface area contributed by atoms with E-state index in [9.17, 15) is 4.39 Å². The van der Waals surface area contributed by atoms with Crippen LogP contribution in [0.3, 0.4) is 0 Å². The van der Waals surface area contributed by atoms with E-state index in [0.717, 1.165) is 12.8 Å². The molecule has 0 amide bonds. The first-order valence-electron chi connectivity index (χ1n) is 5.59. The number of anilines is 1. The highest BCUT2D eigenvalue weighted by Crippen LogP contribution is 2.30. The molecule has 3 heteroatoms. The van der Waals surface area contributed by atoms with Crippen molar-refractivity contribution in [3.63, 3.8) is 0 Å². The van der Waals surface area contributed by atoms with Gasteiger partial charge in [0.2, 0.25) is 5.95 Å². The molecule has 1 saturated carbocycles. The van der Waals surface area contributed by atoms with Crippen LogP contribution in [0.5, 0.6) is 0 Å². The van der Waals surface area contributed by atoms with Crippen LogP contribution in [0.1, 0.15) is 39.0 Å². The summed E-state index contributed by atoms with van der Waals surface area (Å²) in [5.74, 6) is 0.235. The molecule has 0 radical (unpaired) electrons. The van der Waals surface area contributed by atoms with Crippen molar-refractivity contribution in [2.45, 2.75) is 44.6 Å². The summed E-state index contributed by atoms with van der Waals surface area (Å²) in [5, 5.41) is 3.35. The van der Waals surface area contributed by atoms with Crippen LogP contribution in [0.15, 0.2) is 18.2 Å². The van der Waals surface area contributed by atoms with E-state index < -0.39 is 5.95 Å². The van der Waals surface area contributed by atoms with E-state index in [0.29, 0.717) is 5.82 Å². The fourth-order valence-corrected chi connectivity index (χ4v) is 2.24. The standard InChI is InChI=1S/C12H17FN2/c1-12(8-3-2-4-9-12)15-11-7-5-6-10(13)14-11/h5-7H,2-4,8-9H2,1H3,(H,14,15). The van der Waals surface area contributed by atoms with Gasteiger partial charge in [-0.1, -0.05) is 25.3 Å². The first kappa shape index (κ1) is 10.4. The zero-order valence-corrected chi connectivity index (χ0v) is 9.09. The van der Waals surface area contributed by atoms with Crippen molar-refractivity contribution in [3.8, 4) is 0 Å². The number of nitrogens with zero attached hydrogens (tertiary/aromatic N) is 1. The molecule has 0 atom stereocenters. The maximum Gasteiger partial charge on any atom is 0.214 e. The largest absolute Gasteiger partial charge is 0.365 e. The summed E-state index contributed by atoms with van der Waals surface area (Å²) >= 11 is 0. The van der Waals surface area contributed by atoms with Gasteiger partial charge in [-0.25, -0.2) is 4.98 Å². The van der Waals surface area contributed by atoms with Crippen molar-refractivity contribution in [1.82, 2.24) is 4.98 Å². The van der Waals surface area contributed by atoms with Crippen LogP contribution >= 0.6 is 0 Å². The molecular formula is C12H17FN2. The molecule has 1 aliphatic rings. The van der Waals surface area contributed by atoms with Gasteiger partial charge < -0.3 is 5.32 Å². The molecule has 0 saturated heterocycles. The van der Waals surface area contributed by atoms with Crippen molar-refractivity contribution < 1.29 is 4.39 Å². The summed E-state index contributed by atoms with van der Waals surface area (Å²) in [6.07, 6.45) is 6.10. The van der Waals surface area contributed by atoms with Gasteiger partial charge in [0.1, 0.15) is 5.82 Å². The van der Waals surface area contributed by atoms with Crippen molar-refractivity contribution in [1.29, 1.82) is 0 Å². The van der Waals surface area contributed by atoms with Crippen molar-refractivity contribution in [2.24, 2.45) is 0 Å². The normalized spacial score (nSPS) is 19.9. The molecule has 82 valence electrons. The Labute approximate surface area is 89.9 Å². The van der Waals surface area contributed by atoms with E-state index in [4.69, 9.17) is 0 Å². The highest BCUT2D eigenvalue weighted by molar-refractivity contribution is 5.37. The Balaban J connectivity index is 2.06. The molecule has 2 nitrogen and oxygen atoms in total. The molecule has 1 N–H and O–H groups in total. The summed E-state index contributed by atoms with van der Waals surface area (Å²) in [6.45, 7) is 2.19. The molecule has 0 aromatic carbocycles. The van der Waals surface area contributed by atoms with Gasteiger partial charge in [-0.05, 0) is 31.9 Å². The van der Waals surface area contributed by atoms with Crippen molar-refractivity contribution in [3.05, 3.63) is 24.1 Å². The van der Waals surface area contributed by atoms with E-state index in [-0.39, 0.29) is 5.54 Å². The lowest BCUT2D eigenvalue weighted by Gasteiger charge is -2.35. The fourth-order valence-electron chi connectivity index (χ4n) is 2.24. The SMILES string of the molecule is CC1(Nc2cccc(F)n2)CCCCC1. The highest BCUT2D eigenvalue weighted by Gasteiger charge is 2.26. The highest BCUT2D eigenvalue weighted by atomic mass is 19.1. The van der Waals surface area contributed by atoms with Crippen LogP contribution in [-0.4, -0.2) is 10.5 Å². The molecule has 15 heavy (non-hydrogen) atoms. The maximum absolute atomic E-state index is 12.9. The van der Waals surface area contributed by atoms with Crippen molar-refractivity contribution in [2.75, 3.05) is 5.32 Å². The second-order valence-electron chi connectivity index (χ2n) is 4.59. The van der Waals surface area contributed by atoms with Crippen LogP contribution in [0.25, 0.3) is 0 Å². The van der Waals surface area contributed by atoms with Gasteiger partial charge in [-0.15, -0.1) is 0 Å². The Morgan fingerprint density at radius 1 is 1.27 bits per heavy atom. The Hall–Kier alpha value is -1.12. The van der Waals surface area contributed by atoms with E-state index >= 15 is 0 Å². The first-order valence-corrected chi connectivity index (χ1v) is 5.59. The third kappa shape index (κ3) is 2.67. The van der Waals surface area contributed by atoms with Crippen LogP contribution in [0.4, 0.5) is 10.2 Å². The third-order valence-corrected chi connectivity index (χ3v) is 3.10. The quantitative estimate of drug-likeness (QED) is 0.754. The van der Waals surface area contributed by atoms with Crippen LogP contribution < -0.4 is 5.32 Å². The van der Waals surface area contributed by atoms with Crippen LogP contribution in [0, 0.1) is 5.95 Å². The molecule has 1 aromatic rings. The lowest BCUT2D eigenvalue weighted by Crippen LogP contribution is -2.37. The van der Waals surface area contributed by atoms with E-state index in [1.54, 1.807) is 6.07 Å². The van der Waals surface area contributed by atoms with Gasteiger partial charge in [-0.3, -0.25) is 0 Å². The monoisotopic (exact) mass is 208 g/mol. The zero-order chi connectivity index (χ0) is 10.7. The molecular weight excluding hydrogens is 191 g/mol. The van der Waals surface area contributed by atoms with Gasteiger partial charge in [0.25, 0.3) is 0 Å². The van der Waals surface area contributed by atoms with Crippen molar-refractivity contribution >= 4 is 5.82 Å². The van der Waals surface area contributed by atoms with Crippen LogP contribution in [-0.2, 0) is 0 Å². The number of halogens is 1. The van der Waals surface area contributed by atoms with E-state index in [1.165, 1.54) is 25.3 Å². The van der Waals surface area contributed by atoms with E-state index in [1.807, 2.05) is 6.07 Å². The van der Waals surface area contributed by atoms with Crippen LogP contribution in [0.2, 0.25) is 0 Å². The fraction of sp³-hybridized carbons (Fsp3) is 0.583. The Bertz CT molecular complexity index is 332. The van der Waals surface area contributed by atoms with Gasteiger partial charge in [0.15, 0.2) is 0 Å². The maximum atomic E-state index is 12.9. The number of hydrogen-bond acceptors (Lipinski definition) is 2. The first-order chi connectivity index (χ1) is 7.18. The molecule has 0 bridgehead atoms. The van der Waals surface area contributed by atoms with Gasteiger partial charge in [0, 0.05) is 5.54 Å². The van der Waals surface area contributed by atoms with Gasteiger partial charge in [-0.2, -0.15) is 4.39 Å².